The summed E-state index contributed by atoms with van der Waals surface area (Å²) < 4.78 is 13.2. The van der Waals surface area contributed by atoms with E-state index in [2.05, 4.69) is 29.7 Å². The molecule has 0 unspecified atom stereocenters. The Balaban J connectivity index is 1.47. The van der Waals surface area contributed by atoms with E-state index in [-0.39, 0.29) is 11.8 Å². The third-order valence-electron chi connectivity index (χ3n) is 5.00. The van der Waals surface area contributed by atoms with Gasteiger partial charge in [-0.05, 0) is 30.7 Å². The summed E-state index contributed by atoms with van der Waals surface area (Å²) in [5, 5.41) is 0. The highest BCUT2D eigenvalue weighted by Gasteiger charge is 2.44. The molecule has 2 aliphatic heterocycles. The fraction of sp³-hybridized carbons (Fsp3) is 0.294. The molecular weight excluding hydrogens is 321 g/mol. The first-order valence-electron chi connectivity index (χ1n) is 8.22. The van der Waals surface area contributed by atoms with Crippen LogP contribution in [0.4, 0.5) is 21.8 Å². The Morgan fingerprint density at radius 1 is 0.960 bits per heavy atom. The lowest BCUT2D eigenvalue weighted by atomic mass is 10.2. The zero-order valence-corrected chi connectivity index (χ0v) is 13.4. The van der Waals surface area contributed by atoms with Crippen molar-refractivity contribution >= 4 is 28.6 Å². The summed E-state index contributed by atoms with van der Waals surface area (Å²) in [5.74, 6) is 0.749. The molecule has 2 atom stereocenters. The molecule has 5 rings (SSSR count). The van der Waals surface area contributed by atoms with Gasteiger partial charge in [-0.3, -0.25) is 0 Å². The second kappa shape index (κ2) is 5.23. The minimum absolute atomic E-state index is 0.209. The zero-order valence-electron chi connectivity index (χ0n) is 13.4. The summed E-state index contributed by atoms with van der Waals surface area (Å²) in [6, 6.07) is 7.36. The average molecular weight is 337 g/mol. The molecular formula is C17H16FN7. The molecule has 8 heteroatoms. The second-order valence-electron chi connectivity index (χ2n) is 6.46. The van der Waals surface area contributed by atoms with Gasteiger partial charge in [0.1, 0.15) is 5.82 Å². The average Bonchev–Trinajstić information content (AvgIpc) is 3.22. The van der Waals surface area contributed by atoms with E-state index in [1.165, 1.54) is 12.1 Å². The van der Waals surface area contributed by atoms with E-state index in [1.807, 2.05) is 12.1 Å². The molecule has 0 amide bonds. The van der Waals surface area contributed by atoms with Crippen LogP contribution in [0, 0.1) is 5.82 Å². The maximum atomic E-state index is 13.2. The van der Waals surface area contributed by atoms with Gasteiger partial charge in [-0.2, -0.15) is 9.97 Å². The maximum absolute atomic E-state index is 13.2. The van der Waals surface area contributed by atoms with Crippen LogP contribution in [0.1, 0.15) is 6.42 Å². The van der Waals surface area contributed by atoms with Crippen LogP contribution in [0.25, 0.3) is 11.2 Å². The smallest absolute Gasteiger partial charge is 0.224 e. The van der Waals surface area contributed by atoms with E-state index in [9.17, 15) is 4.39 Å². The highest BCUT2D eigenvalue weighted by atomic mass is 19.1. The first kappa shape index (κ1) is 14.3. The molecule has 25 heavy (non-hydrogen) atoms. The molecule has 2 saturated heterocycles. The number of fused-ring (bicyclic) bond motifs is 3. The van der Waals surface area contributed by atoms with Gasteiger partial charge in [-0.1, -0.05) is 0 Å². The predicted octanol–water partition coefficient (Wildman–Crippen LogP) is 1.61. The van der Waals surface area contributed by atoms with Crippen molar-refractivity contribution in [3.63, 3.8) is 0 Å². The molecule has 2 aliphatic rings. The number of nitrogens with zero attached hydrogens (tertiary/aromatic N) is 6. The minimum atomic E-state index is -0.212. The fourth-order valence-corrected chi connectivity index (χ4v) is 3.94. The quantitative estimate of drug-likeness (QED) is 0.760. The van der Waals surface area contributed by atoms with Crippen LogP contribution < -0.4 is 15.5 Å². The number of hydrogen-bond acceptors (Lipinski definition) is 7. The van der Waals surface area contributed by atoms with Gasteiger partial charge in [0, 0.05) is 37.2 Å². The molecule has 2 N–H and O–H groups in total. The number of rotatable bonds is 2. The Hall–Kier alpha value is -3.03. The number of hydrogen-bond donors (Lipinski definition) is 1. The summed E-state index contributed by atoms with van der Waals surface area (Å²) >= 11 is 0. The summed E-state index contributed by atoms with van der Waals surface area (Å²) in [6.45, 7) is 1.69. The number of nitrogens with two attached hydrogens (primary N) is 1. The van der Waals surface area contributed by atoms with Crippen molar-refractivity contribution in [2.75, 3.05) is 28.6 Å². The number of aromatic nitrogens is 4. The molecule has 2 bridgehead atoms. The summed E-state index contributed by atoms with van der Waals surface area (Å²) in [5.41, 5.74) is 8.11. The molecule has 3 aromatic rings. The zero-order chi connectivity index (χ0) is 17.0. The van der Waals surface area contributed by atoms with Crippen LogP contribution in [-0.4, -0.2) is 45.1 Å². The largest absolute Gasteiger partial charge is 0.368 e. The second-order valence-corrected chi connectivity index (χ2v) is 6.46. The van der Waals surface area contributed by atoms with Crippen molar-refractivity contribution in [2.24, 2.45) is 0 Å². The van der Waals surface area contributed by atoms with Crippen LogP contribution in [0.5, 0.6) is 0 Å². The van der Waals surface area contributed by atoms with Gasteiger partial charge < -0.3 is 15.5 Å². The summed E-state index contributed by atoms with van der Waals surface area (Å²) in [4.78, 5) is 21.8. The molecule has 0 aliphatic carbocycles. The lowest BCUT2D eigenvalue weighted by Crippen LogP contribution is -2.47. The number of nitrogen functional groups attached to an aromatic ring is 1. The third kappa shape index (κ3) is 2.25. The number of piperazine rings is 1. The molecule has 126 valence electrons. The van der Waals surface area contributed by atoms with Crippen molar-refractivity contribution in [2.45, 2.75) is 18.5 Å². The van der Waals surface area contributed by atoms with Crippen LogP contribution >= 0.6 is 0 Å². The monoisotopic (exact) mass is 337 g/mol. The molecule has 0 radical (unpaired) electrons. The van der Waals surface area contributed by atoms with Crippen LogP contribution in [0.3, 0.4) is 0 Å². The van der Waals surface area contributed by atoms with E-state index < -0.39 is 0 Å². The molecule has 4 heterocycles. The van der Waals surface area contributed by atoms with Gasteiger partial charge in [0.05, 0.1) is 6.04 Å². The Labute approximate surface area is 143 Å². The van der Waals surface area contributed by atoms with Gasteiger partial charge in [0.2, 0.25) is 5.95 Å². The maximum Gasteiger partial charge on any atom is 0.224 e. The lowest BCUT2D eigenvalue weighted by Gasteiger charge is -2.36. The number of halogens is 1. The SMILES string of the molecule is Nc1nc(N2C[C@@H]3C[C@@H]2CN3c2ccc(F)cc2)c2nccnc2n1. The molecule has 0 spiro atoms. The highest BCUT2D eigenvalue weighted by molar-refractivity contribution is 5.84. The Kier molecular flexibility index (Phi) is 3.00. The van der Waals surface area contributed by atoms with Gasteiger partial charge in [-0.25, -0.2) is 14.4 Å². The molecule has 7 nitrogen and oxygen atoms in total. The van der Waals surface area contributed by atoms with Gasteiger partial charge in [-0.15, -0.1) is 0 Å². The van der Waals surface area contributed by atoms with E-state index in [0.717, 1.165) is 31.0 Å². The molecule has 1 aromatic carbocycles. The van der Waals surface area contributed by atoms with Crippen molar-refractivity contribution < 1.29 is 4.39 Å². The Morgan fingerprint density at radius 3 is 2.44 bits per heavy atom. The van der Waals surface area contributed by atoms with Gasteiger partial charge in [0.25, 0.3) is 0 Å². The van der Waals surface area contributed by atoms with Crippen LogP contribution in [-0.2, 0) is 0 Å². The van der Waals surface area contributed by atoms with Crippen LogP contribution in [0.2, 0.25) is 0 Å². The molecule has 2 fully saturated rings. The van der Waals surface area contributed by atoms with E-state index in [4.69, 9.17) is 5.73 Å². The van der Waals surface area contributed by atoms with Gasteiger partial charge >= 0.3 is 0 Å². The topological polar surface area (TPSA) is 84.1 Å². The number of benzene rings is 1. The van der Waals surface area contributed by atoms with E-state index in [0.29, 0.717) is 23.2 Å². The van der Waals surface area contributed by atoms with Crippen molar-refractivity contribution in [3.8, 4) is 0 Å². The normalized spacial score (nSPS) is 22.1. The summed E-state index contributed by atoms with van der Waals surface area (Å²) in [7, 11) is 0. The standard InChI is InChI=1S/C17H16FN7/c18-10-1-3-11(4-2-10)24-8-13-7-12(24)9-25(13)16-14-15(21-6-5-20-14)22-17(19)23-16/h1-6,12-13H,7-9H2,(H2,19,21,22,23)/t12-,13+/m0/s1. The Morgan fingerprint density at radius 2 is 1.68 bits per heavy atom. The lowest BCUT2D eigenvalue weighted by molar-refractivity contribution is 0.623. The van der Waals surface area contributed by atoms with Crippen molar-refractivity contribution in [1.82, 2.24) is 19.9 Å². The minimum Gasteiger partial charge on any atom is -0.368 e. The van der Waals surface area contributed by atoms with Crippen LogP contribution in [0.15, 0.2) is 36.7 Å². The molecule has 2 aromatic heterocycles. The Bertz CT molecular complexity index is 945. The number of anilines is 3. The van der Waals surface area contributed by atoms with Crippen molar-refractivity contribution in [3.05, 3.63) is 42.5 Å². The predicted molar refractivity (Wildman–Crippen MR) is 92.8 cm³/mol. The first-order chi connectivity index (χ1) is 12.2. The highest BCUT2D eigenvalue weighted by Crippen LogP contribution is 2.38. The summed E-state index contributed by atoms with van der Waals surface area (Å²) in [6.07, 6.45) is 4.28. The third-order valence-corrected chi connectivity index (χ3v) is 5.00. The fourth-order valence-electron chi connectivity index (χ4n) is 3.94. The molecule has 0 saturated carbocycles. The first-order valence-corrected chi connectivity index (χ1v) is 8.22. The van der Waals surface area contributed by atoms with Gasteiger partial charge in [0.15, 0.2) is 17.0 Å². The van der Waals surface area contributed by atoms with Crippen molar-refractivity contribution in [1.29, 1.82) is 0 Å². The van der Waals surface area contributed by atoms with E-state index >= 15 is 0 Å². The van der Waals surface area contributed by atoms with E-state index in [1.54, 1.807) is 12.4 Å².